The number of nitrogens with zero attached hydrogens (tertiary/aromatic N) is 4. The highest BCUT2D eigenvalue weighted by atomic mass is 35.5. The van der Waals surface area contributed by atoms with Crippen molar-refractivity contribution in [2.24, 2.45) is 0 Å². The molecule has 6 rings (SSSR count). The summed E-state index contributed by atoms with van der Waals surface area (Å²) in [7, 11) is -16.9. The number of ether oxygens (including phenoxy) is 1. The van der Waals surface area contributed by atoms with Crippen molar-refractivity contribution in [3.8, 4) is 11.6 Å². The van der Waals surface area contributed by atoms with E-state index in [0.29, 0.717) is 16.7 Å². The van der Waals surface area contributed by atoms with Gasteiger partial charge in [0.2, 0.25) is 5.88 Å². The Kier molecular flexibility index (Phi) is 19.5. The Morgan fingerprint density at radius 2 is 1.07 bits per heavy atom. The molecule has 2 aliphatic heterocycles. The van der Waals surface area contributed by atoms with Crippen molar-refractivity contribution in [2.75, 3.05) is 38.6 Å². The van der Waals surface area contributed by atoms with Crippen LogP contribution in [0.25, 0.3) is 21.9 Å². The standard InChI is InChI=1S/C29H32ClN5O2.4H3O4P/c1-37-26-9-8-24-28(33-26)27(23-7-6-21(30)16-25(23)32-24)31-22-14-19(17-34-10-2-3-11-34)29(36)20(15-22)18-35-12-4-5-13-35;4*1-5(2,3)4/h6-9,14-16,36H,2-5,10-13,17-18H2,1H3,(H,31,32);4*(H3,1,2,3,4)/i17+2,18+2;;;;. The summed E-state index contributed by atoms with van der Waals surface area (Å²) in [6.45, 7) is 5.78. The Morgan fingerprint density at radius 3 is 1.47 bits per heavy atom. The van der Waals surface area contributed by atoms with Crippen molar-refractivity contribution >= 4 is 76.2 Å². The number of aromatic nitrogens is 2. The minimum atomic E-state index is -4.64. The summed E-state index contributed by atoms with van der Waals surface area (Å²) in [6.07, 6.45) is 4.85. The smallest absolute Gasteiger partial charge is 0.466 e. The van der Waals surface area contributed by atoms with Gasteiger partial charge in [0, 0.05) is 46.4 Å². The Hall–Kier alpha value is -2.69. The second kappa shape index (κ2) is 22.1. The van der Waals surface area contributed by atoms with Gasteiger partial charge in [-0.2, -0.15) is 0 Å². The highest BCUT2D eigenvalue weighted by Gasteiger charge is 2.21. The van der Waals surface area contributed by atoms with Crippen LogP contribution in [-0.4, -0.2) is 117 Å². The van der Waals surface area contributed by atoms with E-state index in [1.54, 1.807) is 7.11 Å². The molecule has 23 nitrogen and oxygen atoms in total. The summed E-state index contributed by atoms with van der Waals surface area (Å²) < 4.78 is 41.0. The lowest BCUT2D eigenvalue weighted by atomic mass is 10.1. The topological polar surface area (TPSA) is 385 Å². The third-order valence-electron chi connectivity index (χ3n) is 7.49. The highest BCUT2D eigenvalue weighted by Crippen LogP contribution is 2.37. The van der Waals surface area contributed by atoms with Crippen LogP contribution in [0.1, 0.15) is 36.8 Å². The van der Waals surface area contributed by atoms with Gasteiger partial charge in [-0.1, -0.05) is 11.6 Å². The van der Waals surface area contributed by atoms with E-state index in [4.69, 9.17) is 103 Å². The lowest BCUT2D eigenvalue weighted by Crippen LogP contribution is -2.20. The third kappa shape index (κ3) is 22.3. The summed E-state index contributed by atoms with van der Waals surface area (Å²) in [4.78, 5) is 101. The van der Waals surface area contributed by atoms with E-state index < -0.39 is 31.3 Å². The molecule has 0 aliphatic carbocycles. The van der Waals surface area contributed by atoms with Crippen molar-refractivity contribution in [2.45, 2.75) is 38.8 Å². The molecule has 0 saturated carbocycles. The minimum Gasteiger partial charge on any atom is -0.507 e. The maximum atomic E-state index is 11.3. The second-order valence-corrected chi connectivity index (χ2v) is 16.7. The molecule has 2 saturated heterocycles. The van der Waals surface area contributed by atoms with Gasteiger partial charge in [-0.05, 0) is 88.3 Å². The molecule has 14 N–H and O–H groups in total. The van der Waals surface area contributed by atoms with Crippen LogP contribution in [0, 0.1) is 0 Å². The third-order valence-corrected chi connectivity index (χ3v) is 7.72. The molecule has 2 fully saturated rings. The number of hydrogen-bond donors (Lipinski definition) is 14. The van der Waals surface area contributed by atoms with E-state index in [-0.39, 0.29) is 0 Å². The van der Waals surface area contributed by atoms with Crippen LogP contribution in [-0.2, 0) is 31.3 Å². The summed E-state index contributed by atoms with van der Waals surface area (Å²) in [6, 6.07) is 13.6. The fourth-order valence-corrected chi connectivity index (χ4v) is 5.76. The quantitative estimate of drug-likeness (QED) is 0.0719. The Morgan fingerprint density at radius 1 is 0.649 bits per heavy atom. The van der Waals surface area contributed by atoms with Crippen LogP contribution in [0.2, 0.25) is 5.02 Å². The zero-order valence-electron chi connectivity index (χ0n) is 29.9. The molecule has 0 spiro atoms. The Labute approximate surface area is 329 Å². The van der Waals surface area contributed by atoms with Crippen LogP contribution in [0.15, 0.2) is 42.5 Å². The fraction of sp³-hybridized carbons (Fsp3) is 0.379. The normalized spacial score (nSPS) is 15.0. The van der Waals surface area contributed by atoms with Gasteiger partial charge in [0.25, 0.3) is 0 Å². The van der Waals surface area contributed by atoms with E-state index in [9.17, 15) is 5.11 Å². The van der Waals surface area contributed by atoms with Gasteiger partial charge in [0.05, 0.1) is 23.8 Å². The summed E-state index contributed by atoms with van der Waals surface area (Å²) >= 11 is 6.32. The fourth-order valence-electron chi connectivity index (χ4n) is 5.60. The molecule has 0 radical (unpaired) electrons. The number of phenols is 1. The number of phosphoric acid groups is 4. The monoisotopic (exact) mass is 913 g/mol. The molecule has 4 aromatic rings. The average molecular weight is 914 g/mol. The van der Waals surface area contributed by atoms with Crippen molar-refractivity contribution in [3.63, 3.8) is 0 Å². The van der Waals surface area contributed by atoms with Crippen LogP contribution in [0.4, 0.5) is 11.4 Å². The molecule has 0 atom stereocenters. The van der Waals surface area contributed by atoms with E-state index in [1.807, 2.05) is 30.3 Å². The maximum Gasteiger partial charge on any atom is 0.466 e. The molecule has 28 heteroatoms. The van der Waals surface area contributed by atoms with E-state index >= 15 is 0 Å². The first kappa shape index (κ1) is 50.5. The number of rotatable bonds is 7. The van der Waals surface area contributed by atoms with E-state index in [0.717, 1.165) is 83.7 Å². The molecular formula is C29H44ClN5O18P4. The molecular weight excluding hydrogens is 870 g/mol. The van der Waals surface area contributed by atoms with Gasteiger partial charge in [0.15, 0.2) is 0 Å². The minimum absolute atomic E-state index is 0.417. The first-order chi connectivity index (χ1) is 26.1. The number of likely N-dealkylation sites (tertiary alicyclic amines) is 2. The van der Waals surface area contributed by atoms with Gasteiger partial charge >= 0.3 is 31.3 Å². The molecule has 0 unspecified atom stereocenters. The number of methoxy groups -OCH3 is 1. The Bertz CT molecular complexity index is 1980. The molecule has 2 aromatic carbocycles. The predicted molar refractivity (Wildman–Crippen MR) is 206 cm³/mol. The van der Waals surface area contributed by atoms with E-state index in [2.05, 4.69) is 27.2 Å². The number of fused-ring (bicyclic) bond motifs is 2. The molecule has 0 bridgehead atoms. The lowest BCUT2D eigenvalue weighted by Gasteiger charge is -2.22. The van der Waals surface area contributed by atoms with Gasteiger partial charge in [-0.25, -0.2) is 28.2 Å². The highest BCUT2D eigenvalue weighted by molar-refractivity contribution is 7.45. The number of aromatic hydroxyl groups is 1. The molecule has 57 heavy (non-hydrogen) atoms. The first-order valence-corrected chi connectivity index (χ1v) is 22.8. The van der Waals surface area contributed by atoms with Gasteiger partial charge in [-0.15, -0.1) is 0 Å². The van der Waals surface area contributed by atoms with Crippen LogP contribution < -0.4 is 10.1 Å². The van der Waals surface area contributed by atoms with Crippen LogP contribution >= 0.6 is 42.9 Å². The van der Waals surface area contributed by atoms with Gasteiger partial charge < -0.3 is 73.9 Å². The van der Waals surface area contributed by atoms with Crippen molar-refractivity contribution < 1.29 is 86.8 Å². The van der Waals surface area contributed by atoms with Crippen molar-refractivity contribution in [1.82, 2.24) is 19.8 Å². The van der Waals surface area contributed by atoms with Crippen molar-refractivity contribution in [3.05, 3.63) is 58.6 Å². The Balaban J connectivity index is 0.000000465. The van der Waals surface area contributed by atoms with Crippen LogP contribution in [0.3, 0.4) is 0 Å². The number of halogens is 1. The first-order valence-electron chi connectivity index (χ1n) is 16.2. The second-order valence-electron chi connectivity index (χ2n) is 12.2. The SMILES string of the molecule is COc1ccc2nc3cc(Cl)ccc3c(Nc3cc([14CH2]N4CCCC4)c(O)c([14CH2]N4CCCC4)c3)c2n1.O=P(O)(O)O.O=P(O)(O)O.O=P(O)(O)O.O=P(O)(O)O. The summed E-state index contributed by atoms with van der Waals surface area (Å²) in [5, 5.41) is 16.5. The number of nitrogens with one attached hydrogen (secondary N) is 1. The number of benzene rings is 2. The lowest BCUT2D eigenvalue weighted by molar-refractivity contribution is 0.272. The molecule has 320 valence electrons. The molecule has 2 aromatic heterocycles. The number of hydrogen-bond acceptors (Lipinski definition) is 11. The zero-order valence-corrected chi connectivity index (χ0v) is 34.3. The maximum absolute atomic E-state index is 11.3. The largest absolute Gasteiger partial charge is 0.507 e. The van der Waals surface area contributed by atoms with Crippen molar-refractivity contribution in [1.29, 1.82) is 0 Å². The molecule has 2 aliphatic rings. The summed E-state index contributed by atoms with van der Waals surface area (Å²) in [5.74, 6) is 0.946. The predicted octanol–water partition coefficient (Wildman–Crippen LogP) is 2.37. The van der Waals surface area contributed by atoms with Gasteiger partial charge in [-0.3, -0.25) is 9.80 Å². The number of pyridine rings is 2. The summed E-state index contributed by atoms with van der Waals surface area (Å²) in [5.41, 5.74) is 5.96. The van der Waals surface area contributed by atoms with Gasteiger partial charge in [0.1, 0.15) is 11.3 Å². The number of phenolic OH excluding ortho intramolecular Hbond substituents is 1. The van der Waals surface area contributed by atoms with E-state index in [1.165, 1.54) is 25.7 Å². The van der Waals surface area contributed by atoms with Crippen LogP contribution in [0.5, 0.6) is 11.6 Å². The average Bonchev–Trinajstić information content (AvgIpc) is 3.74. The molecule has 4 heterocycles. The number of anilines is 2. The molecule has 0 amide bonds. The zero-order chi connectivity index (χ0) is 43.4.